The van der Waals surface area contributed by atoms with Gasteiger partial charge in [-0.3, -0.25) is 0 Å². The molecule has 0 radical (unpaired) electrons. The maximum Gasteiger partial charge on any atom is 0.348 e. The highest BCUT2D eigenvalue weighted by atomic mass is 32.1. The molecule has 0 amide bonds. The van der Waals surface area contributed by atoms with Crippen molar-refractivity contribution in [3.63, 3.8) is 0 Å². The average molecular weight is 482 g/mol. The van der Waals surface area contributed by atoms with E-state index < -0.39 is 6.10 Å². The number of thiophene rings is 1. The summed E-state index contributed by atoms with van der Waals surface area (Å²) >= 11 is 1.45. The average Bonchev–Trinajstić information content (AvgIpc) is 3.50. The van der Waals surface area contributed by atoms with Gasteiger partial charge in [-0.2, -0.15) is 0 Å². The molecular weight excluding hydrogens is 446 g/mol. The number of aliphatic hydroxyl groups excluding tert-OH is 2. The maximum absolute atomic E-state index is 11.9. The Bertz CT molecular complexity index is 1000. The highest BCUT2D eigenvalue weighted by molar-refractivity contribution is 7.13. The standard InChI is InChI=1S/C28H35NO4S/c1-3-4-5-9-25(31)20-10-12-22(13-11-20)27-21(14-16-24(27)29-2)7-6-8-23-15-17-26(34-23)28(32)33-19-18-30/h10-13,15,17,21,25,30-31H,3-9,14,16,18-19H2,1H3. The lowest BCUT2D eigenvalue weighted by molar-refractivity contribution is 0.0439. The largest absolute Gasteiger partial charge is 0.459 e. The molecule has 6 heteroatoms. The lowest BCUT2D eigenvalue weighted by Crippen LogP contribution is -2.06. The molecule has 2 unspecified atom stereocenters. The second-order valence-electron chi connectivity index (χ2n) is 8.86. The number of aryl methyl sites for hydroxylation is 1. The van der Waals surface area contributed by atoms with Gasteiger partial charge >= 0.3 is 5.97 Å². The molecular formula is C28H35NO4S. The third-order valence-corrected chi connectivity index (χ3v) is 7.56. The molecule has 1 aliphatic carbocycles. The van der Waals surface area contributed by atoms with Crippen LogP contribution in [0.4, 0.5) is 0 Å². The molecule has 0 spiro atoms. The first-order chi connectivity index (χ1) is 16.6. The minimum absolute atomic E-state index is 0.0189. The normalized spacial score (nSPS) is 16.5. The van der Waals surface area contributed by atoms with Gasteiger partial charge in [-0.05, 0) is 66.9 Å². The Kier molecular flexibility index (Phi) is 10.3. The number of benzene rings is 1. The Morgan fingerprint density at radius 2 is 2.00 bits per heavy atom. The first kappa shape index (κ1) is 26.2. The molecule has 5 nitrogen and oxygen atoms in total. The Labute approximate surface area is 206 Å². The number of unbranched alkanes of at least 4 members (excludes halogenated alkanes) is 2. The van der Waals surface area contributed by atoms with Crippen molar-refractivity contribution in [2.75, 3.05) is 13.2 Å². The number of carbonyl (C=O) groups is 1. The van der Waals surface area contributed by atoms with Crippen molar-refractivity contribution < 1.29 is 19.7 Å². The predicted molar refractivity (Wildman–Crippen MR) is 136 cm³/mol. The molecule has 1 aliphatic rings. The topological polar surface area (TPSA) is 71.1 Å². The SMILES string of the molecule is [C-]#[N+]C1=C(c2ccc(C(O)CCCCC)cc2)C(CCCc2ccc(C(=O)OCCO)s2)CC1. The van der Waals surface area contributed by atoms with Crippen LogP contribution in [-0.2, 0) is 11.2 Å². The molecule has 0 bridgehead atoms. The Balaban J connectivity index is 1.59. The van der Waals surface area contributed by atoms with E-state index >= 15 is 0 Å². The Morgan fingerprint density at radius 3 is 2.71 bits per heavy atom. The Hall–Kier alpha value is -2.46. The van der Waals surface area contributed by atoms with Crippen LogP contribution in [-0.4, -0.2) is 29.4 Å². The van der Waals surface area contributed by atoms with Crippen molar-refractivity contribution in [2.45, 2.75) is 70.8 Å². The molecule has 1 aromatic heterocycles. The van der Waals surface area contributed by atoms with E-state index in [2.05, 4.69) is 23.9 Å². The minimum atomic E-state index is -0.425. The van der Waals surface area contributed by atoms with Crippen LogP contribution >= 0.6 is 11.3 Å². The van der Waals surface area contributed by atoms with Gasteiger partial charge in [-0.25, -0.2) is 9.64 Å². The third kappa shape index (κ3) is 7.02. The molecule has 2 atom stereocenters. The van der Waals surface area contributed by atoms with Gasteiger partial charge in [0.1, 0.15) is 11.5 Å². The number of nitrogens with zero attached hydrogens (tertiary/aromatic N) is 1. The molecule has 0 saturated carbocycles. The fourth-order valence-electron chi connectivity index (χ4n) is 4.63. The van der Waals surface area contributed by atoms with E-state index in [1.165, 1.54) is 16.9 Å². The van der Waals surface area contributed by atoms with E-state index in [0.29, 0.717) is 10.8 Å². The van der Waals surface area contributed by atoms with Crippen LogP contribution in [0.1, 0.15) is 90.1 Å². The molecule has 0 fully saturated rings. The van der Waals surface area contributed by atoms with Crippen LogP contribution in [0.3, 0.4) is 0 Å². The van der Waals surface area contributed by atoms with Crippen molar-refractivity contribution in [2.24, 2.45) is 5.92 Å². The summed E-state index contributed by atoms with van der Waals surface area (Å²) in [6, 6.07) is 11.9. The van der Waals surface area contributed by atoms with Gasteiger partial charge in [0.15, 0.2) is 5.70 Å². The zero-order valence-corrected chi connectivity index (χ0v) is 20.8. The van der Waals surface area contributed by atoms with E-state index in [9.17, 15) is 9.90 Å². The molecule has 2 aromatic rings. The first-order valence-corrected chi connectivity index (χ1v) is 13.1. The molecule has 0 saturated heterocycles. The minimum Gasteiger partial charge on any atom is -0.459 e. The monoisotopic (exact) mass is 481 g/mol. The Morgan fingerprint density at radius 1 is 1.21 bits per heavy atom. The molecule has 0 aliphatic heterocycles. The molecule has 2 N–H and O–H groups in total. The van der Waals surface area contributed by atoms with Crippen LogP contribution in [0.2, 0.25) is 0 Å². The van der Waals surface area contributed by atoms with Gasteiger partial charge in [0, 0.05) is 4.88 Å². The molecule has 1 aromatic carbocycles. The zero-order valence-electron chi connectivity index (χ0n) is 20.0. The highest BCUT2D eigenvalue weighted by Crippen LogP contribution is 2.42. The molecule has 3 rings (SSSR count). The summed E-state index contributed by atoms with van der Waals surface area (Å²) in [4.78, 5) is 17.5. The van der Waals surface area contributed by atoms with E-state index in [1.807, 2.05) is 18.2 Å². The van der Waals surface area contributed by atoms with Gasteiger partial charge < -0.3 is 14.9 Å². The summed E-state index contributed by atoms with van der Waals surface area (Å²) in [5, 5.41) is 19.3. The number of esters is 1. The predicted octanol–water partition coefficient (Wildman–Crippen LogP) is 6.57. The molecule has 182 valence electrons. The number of rotatable bonds is 13. The highest BCUT2D eigenvalue weighted by Gasteiger charge is 2.27. The number of carbonyl (C=O) groups excluding carboxylic acids is 1. The number of ether oxygens (including phenoxy) is 1. The van der Waals surface area contributed by atoms with Crippen LogP contribution in [0.25, 0.3) is 10.4 Å². The van der Waals surface area contributed by atoms with E-state index in [1.54, 1.807) is 6.07 Å². The summed E-state index contributed by atoms with van der Waals surface area (Å²) in [7, 11) is 0. The summed E-state index contributed by atoms with van der Waals surface area (Å²) < 4.78 is 4.98. The summed E-state index contributed by atoms with van der Waals surface area (Å²) in [5.41, 5.74) is 4.08. The maximum atomic E-state index is 11.9. The van der Waals surface area contributed by atoms with Crippen LogP contribution in [0, 0.1) is 12.5 Å². The molecule has 1 heterocycles. The summed E-state index contributed by atoms with van der Waals surface area (Å²) in [6.07, 6.45) is 8.37. The van der Waals surface area contributed by atoms with Crippen molar-refractivity contribution in [1.82, 2.24) is 0 Å². The smallest absolute Gasteiger partial charge is 0.348 e. The zero-order chi connectivity index (χ0) is 24.3. The lowest BCUT2D eigenvalue weighted by Gasteiger charge is -2.17. The van der Waals surface area contributed by atoms with E-state index in [0.717, 1.165) is 79.5 Å². The van der Waals surface area contributed by atoms with Crippen LogP contribution in [0.15, 0.2) is 42.1 Å². The first-order valence-electron chi connectivity index (χ1n) is 12.3. The van der Waals surface area contributed by atoms with Crippen molar-refractivity contribution in [1.29, 1.82) is 0 Å². The number of aliphatic hydroxyl groups is 2. The fraction of sp³-hybridized carbons (Fsp3) is 0.500. The third-order valence-electron chi connectivity index (χ3n) is 6.43. The van der Waals surface area contributed by atoms with Gasteiger partial charge in [0.05, 0.1) is 19.3 Å². The van der Waals surface area contributed by atoms with Gasteiger partial charge in [0.25, 0.3) is 0 Å². The number of hydrogen-bond donors (Lipinski definition) is 2. The molecule has 34 heavy (non-hydrogen) atoms. The van der Waals surface area contributed by atoms with Crippen LogP contribution < -0.4 is 0 Å². The number of hydrogen-bond acceptors (Lipinski definition) is 5. The second kappa shape index (κ2) is 13.4. The lowest BCUT2D eigenvalue weighted by atomic mass is 9.89. The van der Waals surface area contributed by atoms with E-state index in [-0.39, 0.29) is 19.2 Å². The quantitative estimate of drug-likeness (QED) is 0.193. The number of allylic oxidation sites excluding steroid dienone is 2. The van der Waals surface area contributed by atoms with Gasteiger partial charge in [0.2, 0.25) is 0 Å². The van der Waals surface area contributed by atoms with Crippen molar-refractivity contribution in [3.8, 4) is 0 Å². The van der Waals surface area contributed by atoms with E-state index in [4.69, 9.17) is 16.4 Å². The van der Waals surface area contributed by atoms with Gasteiger partial charge in [-0.15, -0.1) is 11.3 Å². The summed E-state index contributed by atoms with van der Waals surface area (Å²) in [6.45, 7) is 9.66. The van der Waals surface area contributed by atoms with Gasteiger partial charge in [-0.1, -0.05) is 56.9 Å². The summed E-state index contributed by atoms with van der Waals surface area (Å²) in [5.74, 6) is -0.0229. The van der Waals surface area contributed by atoms with Crippen molar-refractivity contribution in [3.05, 3.63) is 74.4 Å². The van der Waals surface area contributed by atoms with Crippen molar-refractivity contribution >= 4 is 22.9 Å². The second-order valence-corrected chi connectivity index (χ2v) is 10.0. The fourth-order valence-corrected chi connectivity index (χ4v) is 5.57. The van der Waals surface area contributed by atoms with Crippen LogP contribution in [0.5, 0.6) is 0 Å².